The molecule has 0 bridgehead atoms. The van der Waals surface area contributed by atoms with Crippen LogP contribution in [-0.4, -0.2) is 97.6 Å². The lowest BCUT2D eigenvalue weighted by Gasteiger charge is -2.13. The third kappa shape index (κ3) is 11.6. The fourth-order valence-electron chi connectivity index (χ4n) is 8.08. The van der Waals surface area contributed by atoms with E-state index in [2.05, 4.69) is 62.5 Å². The van der Waals surface area contributed by atoms with Crippen molar-refractivity contribution in [2.75, 3.05) is 73.6 Å². The van der Waals surface area contributed by atoms with Crippen molar-refractivity contribution in [1.29, 1.82) is 0 Å². The molecule has 4 amide bonds. The second-order valence-electron chi connectivity index (χ2n) is 16.5. The zero-order valence-electron chi connectivity index (χ0n) is 37.8. The number of nitrogens with one attached hydrogen (secondary N) is 8. The number of rotatable bonds is 18. The van der Waals surface area contributed by atoms with Gasteiger partial charge in [0.1, 0.15) is 11.7 Å². The van der Waals surface area contributed by atoms with Gasteiger partial charge in [0.2, 0.25) is 0 Å². The van der Waals surface area contributed by atoms with E-state index in [0.717, 1.165) is 33.2 Å². The SMILES string of the molecule is O=C(NCCCNc1ccnc2cc(Cl)ccc12)c1cc(NC(=O)c2ccc(C(=O)Nc3cc(C(=O)NCCCNc4ccnc5cc(Cl)ccc45)cc(C4=NCCN4)c3)cc2)cc(C2=NCCN2)c1. The molecule has 70 heavy (non-hydrogen) atoms. The summed E-state index contributed by atoms with van der Waals surface area (Å²) >= 11 is 12.3. The lowest BCUT2D eigenvalue weighted by Crippen LogP contribution is -2.27. The first-order valence-electron chi connectivity index (χ1n) is 22.9. The number of carbonyl (C=O) groups is 4. The van der Waals surface area contributed by atoms with Gasteiger partial charge in [-0.05, 0) is 122 Å². The molecule has 2 aliphatic heterocycles. The first-order chi connectivity index (χ1) is 34.1. The van der Waals surface area contributed by atoms with Gasteiger partial charge >= 0.3 is 0 Å². The van der Waals surface area contributed by atoms with Crippen LogP contribution in [0.25, 0.3) is 21.8 Å². The minimum atomic E-state index is -0.436. The van der Waals surface area contributed by atoms with E-state index in [4.69, 9.17) is 23.2 Å². The predicted octanol–water partition coefficient (Wildman–Crippen LogP) is 7.76. The van der Waals surface area contributed by atoms with Crippen molar-refractivity contribution in [2.24, 2.45) is 9.98 Å². The van der Waals surface area contributed by atoms with Crippen LogP contribution in [0.4, 0.5) is 22.7 Å². The van der Waals surface area contributed by atoms with E-state index in [1.54, 1.807) is 73.1 Å². The molecule has 4 heterocycles. The van der Waals surface area contributed by atoms with E-state index in [1.807, 2.05) is 48.5 Å². The van der Waals surface area contributed by atoms with E-state index >= 15 is 0 Å². The van der Waals surface area contributed by atoms with Gasteiger partial charge in [-0.15, -0.1) is 0 Å². The van der Waals surface area contributed by atoms with E-state index in [1.165, 1.54) is 0 Å². The highest BCUT2D eigenvalue weighted by Gasteiger charge is 2.19. The molecule has 0 saturated heterocycles. The van der Waals surface area contributed by atoms with Crippen molar-refractivity contribution in [3.63, 3.8) is 0 Å². The van der Waals surface area contributed by atoms with E-state index in [9.17, 15) is 19.2 Å². The van der Waals surface area contributed by atoms with Crippen LogP contribution in [-0.2, 0) is 0 Å². The zero-order valence-corrected chi connectivity index (χ0v) is 39.3. The summed E-state index contributed by atoms with van der Waals surface area (Å²) < 4.78 is 0. The Morgan fingerprint density at radius 1 is 0.486 bits per heavy atom. The molecule has 8 N–H and O–H groups in total. The average Bonchev–Trinajstić information content (AvgIpc) is 4.13. The summed E-state index contributed by atoms with van der Waals surface area (Å²) in [5.41, 5.74) is 6.87. The van der Waals surface area contributed by atoms with Gasteiger partial charge in [-0.1, -0.05) is 23.2 Å². The third-order valence-electron chi connectivity index (χ3n) is 11.5. The molecule has 7 aromatic rings. The summed E-state index contributed by atoms with van der Waals surface area (Å²) in [5.74, 6) is -0.206. The Labute approximate surface area is 413 Å². The van der Waals surface area contributed by atoms with E-state index in [-0.39, 0.29) is 11.8 Å². The molecular formula is C52H48Cl2N12O4. The second-order valence-corrected chi connectivity index (χ2v) is 17.4. The highest BCUT2D eigenvalue weighted by atomic mass is 35.5. The Balaban J connectivity index is 0.803. The topological polar surface area (TPSA) is 215 Å². The Hall–Kier alpha value is -8.08. The number of carbonyl (C=O) groups excluding carboxylic acids is 4. The normalized spacial score (nSPS) is 12.9. The Morgan fingerprint density at radius 3 is 1.34 bits per heavy atom. The first-order valence-corrected chi connectivity index (χ1v) is 23.6. The summed E-state index contributed by atoms with van der Waals surface area (Å²) in [6.45, 7) is 4.54. The van der Waals surface area contributed by atoms with Gasteiger partial charge in [-0.2, -0.15) is 0 Å². The highest BCUT2D eigenvalue weighted by molar-refractivity contribution is 6.31. The minimum absolute atomic E-state index is 0.294. The Morgan fingerprint density at radius 2 is 0.929 bits per heavy atom. The summed E-state index contributed by atoms with van der Waals surface area (Å²) in [6, 6.07) is 31.4. The number of fused-ring (bicyclic) bond motifs is 2. The fraction of sp³-hybridized carbons (Fsp3) is 0.192. The van der Waals surface area contributed by atoms with Crippen molar-refractivity contribution in [3.8, 4) is 0 Å². The number of anilines is 4. The molecule has 2 aliphatic rings. The second kappa shape index (κ2) is 21.9. The Bertz CT molecular complexity index is 2990. The number of amides is 4. The molecule has 5 aromatic carbocycles. The van der Waals surface area contributed by atoms with Gasteiger partial charge in [0.25, 0.3) is 23.6 Å². The molecule has 0 aliphatic carbocycles. The number of pyridine rings is 2. The quantitative estimate of drug-likeness (QED) is 0.0391. The summed E-state index contributed by atoms with van der Waals surface area (Å²) in [6.07, 6.45) is 4.75. The van der Waals surface area contributed by atoms with E-state index < -0.39 is 11.8 Å². The van der Waals surface area contributed by atoms with E-state index in [0.29, 0.717) is 132 Å². The fourth-order valence-corrected chi connectivity index (χ4v) is 8.41. The molecule has 0 saturated carbocycles. The molecule has 18 heteroatoms. The number of aromatic nitrogens is 2. The monoisotopic (exact) mass is 974 g/mol. The van der Waals surface area contributed by atoms with Crippen molar-refractivity contribution in [2.45, 2.75) is 12.8 Å². The van der Waals surface area contributed by atoms with Gasteiger partial charge in [0.05, 0.1) is 24.1 Å². The van der Waals surface area contributed by atoms with Gasteiger partial charge in [-0.25, -0.2) is 0 Å². The van der Waals surface area contributed by atoms with Crippen molar-refractivity contribution in [1.82, 2.24) is 31.2 Å². The summed E-state index contributed by atoms with van der Waals surface area (Å²) in [4.78, 5) is 72.0. The molecular weight excluding hydrogens is 928 g/mol. The summed E-state index contributed by atoms with van der Waals surface area (Å²) in [5, 5.41) is 28.2. The van der Waals surface area contributed by atoms with Gasteiger partial charge < -0.3 is 42.5 Å². The molecule has 0 spiro atoms. The van der Waals surface area contributed by atoms with Crippen LogP contribution in [0, 0.1) is 0 Å². The molecule has 354 valence electrons. The Kier molecular flexibility index (Phi) is 14.7. The lowest BCUT2D eigenvalue weighted by molar-refractivity contribution is 0.0945. The van der Waals surface area contributed by atoms with Crippen LogP contribution in [0.5, 0.6) is 0 Å². The standard InChI is InChI=1S/C52H48Cl2N12O4/c53-37-7-9-41-43(11-17-57-45(41)29-37)55-13-1-15-63-49(67)35-23-33(47-59-19-20-60-47)25-39(27-35)65-51(69)31-3-5-32(6-4-31)52(70)66-40-26-34(48-61-21-22-62-48)24-36(28-40)50(68)64-16-2-14-56-44-12-18-58-46-30-38(54)8-10-42(44)46/h3-12,17-18,23-30H,1-2,13-16,19-22H2,(H,55,57)(H,56,58)(H,59,60)(H,61,62)(H,63,67)(H,64,68)(H,65,69)(H,66,70). The first kappa shape index (κ1) is 47.0. The van der Waals surface area contributed by atoms with Crippen LogP contribution < -0.4 is 42.5 Å². The third-order valence-corrected chi connectivity index (χ3v) is 12.0. The highest BCUT2D eigenvalue weighted by Crippen LogP contribution is 2.26. The number of nitrogens with zero attached hydrogens (tertiary/aromatic N) is 4. The lowest BCUT2D eigenvalue weighted by atomic mass is 10.1. The van der Waals surface area contributed by atoms with Gasteiger partial charge in [0.15, 0.2) is 0 Å². The maximum Gasteiger partial charge on any atom is 0.255 e. The van der Waals surface area contributed by atoms with Crippen LogP contribution in [0.1, 0.15) is 65.4 Å². The van der Waals surface area contributed by atoms with Crippen LogP contribution in [0.3, 0.4) is 0 Å². The van der Waals surface area contributed by atoms with Gasteiger partial charge in [-0.3, -0.25) is 39.1 Å². The summed E-state index contributed by atoms with van der Waals surface area (Å²) in [7, 11) is 0. The van der Waals surface area contributed by atoms with Gasteiger partial charge in [0, 0.05) is 129 Å². The predicted molar refractivity (Wildman–Crippen MR) is 278 cm³/mol. The number of hydrogen-bond donors (Lipinski definition) is 8. The maximum atomic E-state index is 13.6. The van der Waals surface area contributed by atoms with Crippen molar-refractivity contribution < 1.29 is 19.2 Å². The number of halogens is 2. The minimum Gasteiger partial charge on any atom is -0.384 e. The van der Waals surface area contributed by atoms with Crippen molar-refractivity contribution >= 4 is 103 Å². The largest absolute Gasteiger partial charge is 0.384 e. The van der Waals surface area contributed by atoms with Crippen LogP contribution >= 0.6 is 23.2 Å². The number of amidine groups is 2. The molecule has 0 atom stereocenters. The average molecular weight is 976 g/mol. The number of hydrogen-bond acceptors (Lipinski definition) is 12. The zero-order chi connectivity index (χ0) is 48.4. The van der Waals surface area contributed by atoms with Crippen molar-refractivity contribution in [3.05, 3.63) is 165 Å². The molecule has 0 unspecified atom stereocenters. The molecule has 2 aromatic heterocycles. The van der Waals surface area contributed by atoms with Crippen LogP contribution in [0.15, 0.2) is 132 Å². The van der Waals surface area contributed by atoms with Crippen LogP contribution in [0.2, 0.25) is 10.0 Å². The molecule has 16 nitrogen and oxygen atoms in total. The maximum absolute atomic E-state index is 13.6. The number of aliphatic imine (C=N–C) groups is 2. The molecule has 0 fully saturated rings. The smallest absolute Gasteiger partial charge is 0.255 e. The molecule has 0 radical (unpaired) electrons. The molecule has 9 rings (SSSR count). The number of benzene rings is 5.